The number of halogens is 1. The van der Waals surface area contributed by atoms with E-state index in [0.29, 0.717) is 22.3 Å². The smallest absolute Gasteiger partial charge is 0.335 e. The van der Waals surface area contributed by atoms with Crippen molar-refractivity contribution in [2.45, 2.75) is 0 Å². The summed E-state index contributed by atoms with van der Waals surface area (Å²) in [5.74, 6) is -0.556. The first-order valence-electron chi connectivity index (χ1n) is 7.82. The summed E-state index contributed by atoms with van der Waals surface area (Å²) in [5.41, 5.74) is 3.35. The van der Waals surface area contributed by atoms with E-state index in [2.05, 4.69) is 15.4 Å². The van der Waals surface area contributed by atoms with Crippen LogP contribution in [-0.2, 0) is 0 Å². The Morgan fingerprint density at radius 3 is 2.46 bits per heavy atom. The number of hydrogen-bond donors (Lipinski definition) is 2. The number of rotatable bonds is 4. The van der Waals surface area contributed by atoms with Gasteiger partial charge in [-0.15, -0.1) is 5.10 Å². The fourth-order valence-electron chi connectivity index (χ4n) is 2.67. The van der Waals surface area contributed by atoms with Crippen molar-refractivity contribution in [3.8, 4) is 11.1 Å². The zero-order valence-corrected chi connectivity index (χ0v) is 14.2. The van der Waals surface area contributed by atoms with Crippen LogP contribution in [-0.4, -0.2) is 25.7 Å². The molecule has 4 aromatic rings. The van der Waals surface area contributed by atoms with Crippen LogP contribution in [0.1, 0.15) is 10.4 Å². The third-order valence-corrected chi connectivity index (χ3v) is 4.24. The van der Waals surface area contributed by atoms with Gasteiger partial charge in [0.15, 0.2) is 5.65 Å². The van der Waals surface area contributed by atoms with Crippen molar-refractivity contribution in [2.75, 3.05) is 5.32 Å². The van der Waals surface area contributed by atoms with E-state index < -0.39 is 5.97 Å². The molecule has 2 aromatic carbocycles. The number of carboxylic acid groups (broad SMARTS) is 1. The Morgan fingerprint density at radius 2 is 1.73 bits per heavy atom. The number of hydrogen-bond acceptors (Lipinski definition) is 4. The molecule has 2 N–H and O–H groups in total. The van der Waals surface area contributed by atoms with E-state index in [1.807, 2.05) is 36.4 Å². The normalized spacial score (nSPS) is 10.8. The SMILES string of the molecule is O=C(O)c1ccc(Nc2nc3c(-c4ccccc4Cl)cccn3n2)cc1. The van der Waals surface area contributed by atoms with Gasteiger partial charge in [-0.1, -0.05) is 29.8 Å². The van der Waals surface area contributed by atoms with E-state index in [0.717, 1.165) is 11.1 Å². The second kappa shape index (κ2) is 6.50. The second-order valence-electron chi connectivity index (χ2n) is 5.61. The lowest BCUT2D eigenvalue weighted by atomic mass is 10.1. The third kappa shape index (κ3) is 2.98. The van der Waals surface area contributed by atoms with Gasteiger partial charge >= 0.3 is 5.97 Å². The van der Waals surface area contributed by atoms with Crippen LogP contribution in [0.25, 0.3) is 16.8 Å². The average molecular weight is 365 g/mol. The minimum atomic E-state index is -0.966. The molecule has 0 unspecified atom stereocenters. The van der Waals surface area contributed by atoms with Crippen molar-refractivity contribution in [2.24, 2.45) is 0 Å². The Bertz CT molecular complexity index is 1110. The number of carboxylic acids is 1. The predicted molar refractivity (Wildman–Crippen MR) is 100 cm³/mol. The summed E-state index contributed by atoms with van der Waals surface area (Å²) < 4.78 is 1.67. The molecule has 0 amide bonds. The third-order valence-electron chi connectivity index (χ3n) is 3.91. The molecule has 0 aliphatic carbocycles. The molecule has 0 atom stereocenters. The minimum absolute atomic E-state index is 0.222. The van der Waals surface area contributed by atoms with Crippen LogP contribution in [0.4, 0.5) is 11.6 Å². The number of fused-ring (bicyclic) bond motifs is 1. The molecule has 0 saturated carbocycles. The highest BCUT2D eigenvalue weighted by Crippen LogP contribution is 2.30. The average Bonchev–Trinajstić information content (AvgIpc) is 3.05. The van der Waals surface area contributed by atoms with Gasteiger partial charge in [0.1, 0.15) is 0 Å². The van der Waals surface area contributed by atoms with Crippen LogP contribution in [0.5, 0.6) is 0 Å². The number of carbonyl (C=O) groups is 1. The molecule has 0 radical (unpaired) electrons. The summed E-state index contributed by atoms with van der Waals surface area (Å²) >= 11 is 6.32. The van der Waals surface area contributed by atoms with E-state index in [-0.39, 0.29) is 5.56 Å². The van der Waals surface area contributed by atoms with Gasteiger partial charge < -0.3 is 10.4 Å². The maximum Gasteiger partial charge on any atom is 0.335 e. The zero-order valence-electron chi connectivity index (χ0n) is 13.4. The predicted octanol–water partition coefficient (Wildman–Crippen LogP) is 4.49. The van der Waals surface area contributed by atoms with Crippen molar-refractivity contribution >= 4 is 34.9 Å². The largest absolute Gasteiger partial charge is 0.478 e. The van der Waals surface area contributed by atoms with Crippen LogP contribution in [0.3, 0.4) is 0 Å². The van der Waals surface area contributed by atoms with E-state index in [1.54, 1.807) is 22.8 Å². The Morgan fingerprint density at radius 1 is 1.00 bits per heavy atom. The summed E-state index contributed by atoms with van der Waals surface area (Å²) in [6, 6.07) is 17.8. The highest BCUT2D eigenvalue weighted by atomic mass is 35.5. The molecular weight excluding hydrogens is 352 g/mol. The van der Waals surface area contributed by atoms with Gasteiger partial charge in [0.2, 0.25) is 5.95 Å². The van der Waals surface area contributed by atoms with Gasteiger partial charge in [-0.2, -0.15) is 4.98 Å². The van der Waals surface area contributed by atoms with Crippen molar-refractivity contribution in [3.05, 3.63) is 77.4 Å². The van der Waals surface area contributed by atoms with Crippen LogP contribution in [0, 0.1) is 0 Å². The quantitative estimate of drug-likeness (QED) is 0.557. The molecule has 2 aromatic heterocycles. The first-order valence-corrected chi connectivity index (χ1v) is 8.20. The molecule has 0 aliphatic heterocycles. The van der Waals surface area contributed by atoms with Gasteiger partial charge in [-0.3, -0.25) is 0 Å². The van der Waals surface area contributed by atoms with Crippen LogP contribution < -0.4 is 5.32 Å². The minimum Gasteiger partial charge on any atom is -0.478 e. The molecule has 0 bridgehead atoms. The number of nitrogens with zero attached hydrogens (tertiary/aromatic N) is 3. The van der Waals surface area contributed by atoms with Gasteiger partial charge in [-0.25, -0.2) is 9.31 Å². The summed E-state index contributed by atoms with van der Waals surface area (Å²) in [4.78, 5) is 15.5. The molecule has 0 saturated heterocycles. The van der Waals surface area contributed by atoms with E-state index in [4.69, 9.17) is 16.7 Å². The van der Waals surface area contributed by atoms with Gasteiger partial charge in [0.25, 0.3) is 0 Å². The Labute approximate surface area is 153 Å². The molecule has 0 aliphatic rings. The monoisotopic (exact) mass is 364 g/mol. The molecule has 26 heavy (non-hydrogen) atoms. The molecule has 7 heteroatoms. The summed E-state index contributed by atoms with van der Waals surface area (Å²) in [7, 11) is 0. The second-order valence-corrected chi connectivity index (χ2v) is 6.02. The highest BCUT2D eigenvalue weighted by molar-refractivity contribution is 6.33. The first kappa shape index (κ1) is 16.1. The molecule has 4 rings (SSSR count). The van der Waals surface area contributed by atoms with Crippen LogP contribution in [0.2, 0.25) is 5.02 Å². The lowest BCUT2D eigenvalue weighted by Crippen LogP contribution is -1.97. The molecule has 6 nitrogen and oxygen atoms in total. The Kier molecular flexibility index (Phi) is 4.02. The Balaban J connectivity index is 1.71. The van der Waals surface area contributed by atoms with Crippen LogP contribution >= 0.6 is 11.6 Å². The Hall–Kier alpha value is -3.38. The fraction of sp³-hybridized carbons (Fsp3) is 0. The molecule has 0 fully saturated rings. The van der Waals surface area contributed by atoms with Crippen molar-refractivity contribution in [1.29, 1.82) is 0 Å². The summed E-state index contributed by atoms with van der Waals surface area (Å²) in [5, 5.41) is 17.1. The highest BCUT2D eigenvalue weighted by Gasteiger charge is 2.12. The summed E-state index contributed by atoms with van der Waals surface area (Å²) in [6.45, 7) is 0. The van der Waals surface area contributed by atoms with E-state index in [9.17, 15) is 4.79 Å². The van der Waals surface area contributed by atoms with Crippen molar-refractivity contribution in [3.63, 3.8) is 0 Å². The topological polar surface area (TPSA) is 79.5 Å². The molecule has 128 valence electrons. The van der Waals surface area contributed by atoms with Crippen molar-refractivity contribution < 1.29 is 9.90 Å². The van der Waals surface area contributed by atoms with Gasteiger partial charge in [0.05, 0.1) is 5.56 Å². The maximum absolute atomic E-state index is 10.9. The summed E-state index contributed by atoms with van der Waals surface area (Å²) in [6.07, 6.45) is 1.81. The van der Waals surface area contributed by atoms with Gasteiger partial charge in [-0.05, 0) is 42.5 Å². The standard InChI is InChI=1S/C19H13ClN4O2/c20-16-6-2-1-4-14(16)15-5-3-11-24-17(15)22-19(23-24)21-13-9-7-12(8-10-13)18(25)26/h1-11H,(H,21,23)(H,25,26). The number of aromatic nitrogens is 3. The van der Waals surface area contributed by atoms with Gasteiger partial charge in [0, 0.05) is 28.0 Å². The number of nitrogens with one attached hydrogen (secondary N) is 1. The van der Waals surface area contributed by atoms with E-state index >= 15 is 0 Å². The van der Waals surface area contributed by atoms with Crippen LogP contribution in [0.15, 0.2) is 66.9 Å². The lowest BCUT2D eigenvalue weighted by Gasteiger charge is -2.04. The lowest BCUT2D eigenvalue weighted by molar-refractivity contribution is 0.0697. The maximum atomic E-state index is 10.9. The fourth-order valence-corrected chi connectivity index (χ4v) is 2.91. The van der Waals surface area contributed by atoms with E-state index in [1.165, 1.54) is 12.1 Å². The molecule has 2 heterocycles. The first-order chi connectivity index (χ1) is 12.6. The molecular formula is C19H13ClN4O2. The number of pyridine rings is 1. The molecule has 0 spiro atoms. The number of anilines is 2. The number of aromatic carboxylic acids is 1. The zero-order chi connectivity index (χ0) is 18.1. The number of benzene rings is 2. The van der Waals surface area contributed by atoms with Crippen molar-refractivity contribution in [1.82, 2.24) is 14.6 Å².